The molecule has 8 nitrogen and oxygen atoms in total. The van der Waals surface area contributed by atoms with Crippen LogP contribution in [0.4, 0.5) is 29.5 Å². The fourth-order valence-electron chi connectivity index (χ4n) is 5.24. The number of aromatic nitrogens is 2. The van der Waals surface area contributed by atoms with E-state index in [2.05, 4.69) is 15.3 Å². The minimum atomic E-state index is -4.45. The Balaban J connectivity index is 1.41. The van der Waals surface area contributed by atoms with Crippen LogP contribution in [0.3, 0.4) is 0 Å². The number of carbonyl (C=O) groups excluding carboxylic acids is 1. The molecular weight excluding hydrogens is 497 g/mol. The average Bonchev–Trinajstić information content (AvgIpc) is 3.57. The molecule has 3 N–H and O–H groups in total. The molecule has 2 amide bonds. The zero-order valence-corrected chi connectivity index (χ0v) is 21.2. The molecule has 202 valence electrons. The van der Waals surface area contributed by atoms with E-state index in [-0.39, 0.29) is 11.8 Å². The first-order valence-corrected chi connectivity index (χ1v) is 12.7. The van der Waals surface area contributed by atoms with Crippen LogP contribution in [0, 0.1) is 0 Å². The zero-order chi connectivity index (χ0) is 26.9. The topological polar surface area (TPSA) is 88.6 Å². The third-order valence-electron chi connectivity index (χ3n) is 7.40. The number of nitrogen functional groups attached to an aromatic ring is 1. The fraction of sp³-hybridized carbons (Fsp3) is 0.407. The van der Waals surface area contributed by atoms with Crippen molar-refractivity contribution in [1.29, 1.82) is 0 Å². The molecule has 3 aromatic rings. The van der Waals surface area contributed by atoms with Gasteiger partial charge in [0.25, 0.3) is 0 Å². The predicted molar refractivity (Wildman–Crippen MR) is 139 cm³/mol. The van der Waals surface area contributed by atoms with Gasteiger partial charge in [0.05, 0.1) is 18.4 Å². The maximum Gasteiger partial charge on any atom is 0.416 e. The van der Waals surface area contributed by atoms with Crippen molar-refractivity contribution in [1.82, 2.24) is 19.6 Å². The van der Waals surface area contributed by atoms with Crippen LogP contribution in [0.2, 0.25) is 0 Å². The summed E-state index contributed by atoms with van der Waals surface area (Å²) in [6.07, 6.45) is 0.515. The van der Waals surface area contributed by atoms with Crippen molar-refractivity contribution < 1.29 is 22.7 Å². The number of methoxy groups -OCH3 is 1. The Bertz CT molecular complexity index is 1260. The van der Waals surface area contributed by atoms with E-state index in [1.54, 1.807) is 36.3 Å². The Labute approximate surface area is 219 Å². The van der Waals surface area contributed by atoms with Crippen molar-refractivity contribution in [2.24, 2.45) is 0 Å². The quantitative estimate of drug-likeness (QED) is 0.473. The van der Waals surface area contributed by atoms with E-state index in [0.717, 1.165) is 25.2 Å². The second-order valence-corrected chi connectivity index (χ2v) is 9.69. The third kappa shape index (κ3) is 5.28. The van der Waals surface area contributed by atoms with E-state index in [0.29, 0.717) is 47.5 Å². The predicted octanol–water partition coefficient (Wildman–Crippen LogP) is 5.24. The molecule has 0 spiro atoms. The Kier molecular flexibility index (Phi) is 7.20. The summed E-state index contributed by atoms with van der Waals surface area (Å²) in [5, 5.41) is 7.52. The number of piperazine rings is 1. The van der Waals surface area contributed by atoms with Crippen LogP contribution >= 0.6 is 0 Å². The molecule has 1 aliphatic carbocycles. The number of carbonyl (C=O) groups is 1. The van der Waals surface area contributed by atoms with Gasteiger partial charge in [-0.15, -0.1) is 0 Å². The molecule has 0 bridgehead atoms. The van der Waals surface area contributed by atoms with Crippen LogP contribution in [-0.4, -0.2) is 64.9 Å². The molecule has 1 aromatic heterocycles. The first-order valence-electron chi connectivity index (χ1n) is 12.7. The maximum absolute atomic E-state index is 13.3. The van der Waals surface area contributed by atoms with E-state index in [1.165, 1.54) is 42.5 Å². The Morgan fingerprint density at radius 1 is 1.00 bits per heavy atom. The highest BCUT2D eigenvalue weighted by Gasteiger charge is 2.31. The molecule has 2 heterocycles. The first-order chi connectivity index (χ1) is 18.2. The largest absolute Gasteiger partial charge is 0.497 e. The summed E-state index contributed by atoms with van der Waals surface area (Å²) < 4.78 is 45.8. The molecule has 11 heteroatoms. The monoisotopic (exact) mass is 528 g/mol. The van der Waals surface area contributed by atoms with Crippen LogP contribution in [0.5, 0.6) is 5.75 Å². The van der Waals surface area contributed by atoms with Gasteiger partial charge in [0, 0.05) is 37.8 Å². The van der Waals surface area contributed by atoms with Crippen molar-refractivity contribution in [3.05, 3.63) is 54.1 Å². The lowest BCUT2D eigenvalue weighted by molar-refractivity contribution is -0.137. The second-order valence-electron chi connectivity index (χ2n) is 9.69. The third-order valence-corrected chi connectivity index (χ3v) is 7.40. The summed E-state index contributed by atoms with van der Waals surface area (Å²) >= 11 is 0. The number of nitrogens with one attached hydrogen (secondary N) is 1. The van der Waals surface area contributed by atoms with Crippen LogP contribution in [0.15, 0.2) is 48.5 Å². The van der Waals surface area contributed by atoms with Crippen LogP contribution in [0.25, 0.3) is 16.9 Å². The lowest BCUT2D eigenvalue weighted by Crippen LogP contribution is -2.52. The lowest BCUT2D eigenvalue weighted by Gasteiger charge is -2.38. The highest BCUT2D eigenvalue weighted by Crippen LogP contribution is 2.36. The van der Waals surface area contributed by atoms with Crippen molar-refractivity contribution in [3.63, 3.8) is 0 Å². The molecule has 5 rings (SSSR count). The Hall–Kier alpha value is -3.73. The van der Waals surface area contributed by atoms with Crippen molar-refractivity contribution in [2.75, 3.05) is 44.3 Å². The number of nitrogens with zero attached hydrogens (tertiary/aromatic N) is 4. The number of amides is 2. The van der Waals surface area contributed by atoms with E-state index >= 15 is 0 Å². The van der Waals surface area contributed by atoms with Gasteiger partial charge in [0.2, 0.25) is 0 Å². The number of benzene rings is 2. The van der Waals surface area contributed by atoms with Gasteiger partial charge >= 0.3 is 12.2 Å². The van der Waals surface area contributed by atoms with Crippen LogP contribution < -0.4 is 15.8 Å². The van der Waals surface area contributed by atoms with Gasteiger partial charge in [-0.3, -0.25) is 4.90 Å². The summed E-state index contributed by atoms with van der Waals surface area (Å²) in [5.74, 6) is 0.767. The zero-order valence-electron chi connectivity index (χ0n) is 21.2. The molecule has 2 aromatic carbocycles. The SMILES string of the molecule is COc1ccc(-c2nn(-c3ccc(C(F)(F)F)cc3)c(N)c2NC(=O)N2CCN(C3CCCC3)CC2)cc1. The fourth-order valence-corrected chi connectivity index (χ4v) is 5.24. The van der Waals surface area contributed by atoms with E-state index in [1.807, 2.05) is 0 Å². The van der Waals surface area contributed by atoms with Crippen molar-refractivity contribution in [3.8, 4) is 22.7 Å². The van der Waals surface area contributed by atoms with Gasteiger partial charge in [0.1, 0.15) is 17.1 Å². The average molecular weight is 529 g/mol. The number of rotatable bonds is 5. The van der Waals surface area contributed by atoms with Crippen LogP contribution in [-0.2, 0) is 6.18 Å². The maximum atomic E-state index is 13.3. The number of halogens is 3. The van der Waals surface area contributed by atoms with Gasteiger partial charge in [-0.25, -0.2) is 9.48 Å². The van der Waals surface area contributed by atoms with Crippen LogP contribution in [0.1, 0.15) is 31.2 Å². The summed E-state index contributed by atoms with van der Waals surface area (Å²) in [5.41, 5.74) is 7.40. The molecule has 0 unspecified atom stereocenters. The summed E-state index contributed by atoms with van der Waals surface area (Å²) in [4.78, 5) is 17.5. The molecule has 0 radical (unpaired) electrons. The van der Waals surface area contributed by atoms with Gasteiger partial charge in [-0.1, -0.05) is 12.8 Å². The molecular formula is C27H31F3N6O2. The molecule has 2 aliphatic rings. The number of hydrogen-bond donors (Lipinski definition) is 2. The number of hydrogen-bond acceptors (Lipinski definition) is 5. The number of urea groups is 1. The molecule has 1 saturated carbocycles. The smallest absolute Gasteiger partial charge is 0.416 e. The van der Waals surface area contributed by atoms with Gasteiger partial charge in [-0.2, -0.15) is 18.3 Å². The van der Waals surface area contributed by atoms with E-state index in [9.17, 15) is 18.0 Å². The van der Waals surface area contributed by atoms with E-state index < -0.39 is 11.7 Å². The van der Waals surface area contributed by atoms with Crippen molar-refractivity contribution >= 4 is 17.5 Å². The summed E-state index contributed by atoms with van der Waals surface area (Å²) in [7, 11) is 1.56. The highest BCUT2D eigenvalue weighted by atomic mass is 19.4. The Morgan fingerprint density at radius 3 is 2.21 bits per heavy atom. The number of alkyl halides is 3. The van der Waals surface area contributed by atoms with E-state index in [4.69, 9.17) is 10.5 Å². The number of ether oxygens (including phenoxy) is 1. The molecule has 38 heavy (non-hydrogen) atoms. The minimum absolute atomic E-state index is 0.119. The van der Waals surface area contributed by atoms with Crippen molar-refractivity contribution in [2.45, 2.75) is 37.9 Å². The molecule has 0 atom stereocenters. The second kappa shape index (κ2) is 10.6. The van der Waals surface area contributed by atoms with Gasteiger partial charge in [-0.05, 0) is 61.4 Å². The molecule has 1 saturated heterocycles. The minimum Gasteiger partial charge on any atom is -0.497 e. The van der Waals surface area contributed by atoms with Gasteiger partial charge in [0.15, 0.2) is 5.82 Å². The van der Waals surface area contributed by atoms with Gasteiger partial charge < -0.3 is 20.7 Å². The first kappa shape index (κ1) is 25.9. The lowest BCUT2D eigenvalue weighted by atomic mass is 10.1. The Morgan fingerprint density at radius 2 is 1.63 bits per heavy atom. The molecule has 2 fully saturated rings. The molecule has 1 aliphatic heterocycles. The number of anilines is 2. The summed E-state index contributed by atoms with van der Waals surface area (Å²) in [6, 6.07) is 12.0. The normalized spacial score (nSPS) is 17.1. The summed E-state index contributed by atoms with van der Waals surface area (Å²) in [6.45, 7) is 2.85. The standard InChI is InChI=1S/C27H31F3N6O2/c1-38-22-12-6-18(7-13-22)23-24(25(31)36(33-23)21-10-8-19(9-11-21)27(28,29)30)32-26(37)35-16-14-34(15-17-35)20-4-2-3-5-20/h6-13,20H,2-5,14-17,31H2,1H3,(H,32,37). The number of nitrogens with two attached hydrogens (primary N) is 1. The highest BCUT2D eigenvalue weighted by molar-refractivity contribution is 5.98.